The van der Waals surface area contributed by atoms with Crippen LogP contribution < -0.4 is 5.32 Å². The van der Waals surface area contributed by atoms with Crippen LogP contribution in [0.15, 0.2) is 41.5 Å². The zero-order valence-corrected chi connectivity index (χ0v) is 13.5. The van der Waals surface area contributed by atoms with Crippen molar-refractivity contribution in [2.45, 2.75) is 26.2 Å². The zero-order chi connectivity index (χ0) is 16.9. The highest BCUT2D eigenvalue weighted by Crippen LogP contribution is 2.15. The number of nitrogens with one attached hydrogen (secondary N) is 2. The number of benzene rings is 1. The van der Waals surface area contributed by atoms with E-state index in [0.717, 1.165) is 23.4 Å². The number of H-pyrrole nitrogens is 1. The molecule has 1 aromatic carbocycles. The van der Waals surface area contributed by atoms with Gasteiger partial charge in [-0.2, -0.15) is 10.2 Å². The molecule has 7 heteroatoms. The fourth-order valence-corrected chi connectivity index (χ4v) is 2.51. The van der Waals surface area contributed by atoms with E-state index in [0.29, 0.717) is 12.4 Å². The van der Waals surface area contributed by atoms with Gasteiger partial charge >= 0.3 is 0 Å². The first-order chi connectivity index (χ1) is 11.6. The maximum atomic E-state index is 12.2. The molecule has 0 atom stereocenters. The fraction of sp³-hybridized carbons (Fsp3) is 0.294. The van der Waals surface area contributed by atoms with Gasteiger partial charge in [0.25, 0.3) is 0 Å². The lowest BCUT2D eigenvalue weighted by molar-refractivity contribution is -0.132. The van der Waals surface area contributed by atoms with Crippen LogP contribution in [0, 0.1) is 6.92 Å². The largest absolute Gasteiger partial charge is 0.309 e. The molecule has 24 heavy (non-hydrogen) atoms. The molecule has 2 aromatic rings. The first-order valence-electron chi connectivity index (χ1n) is 7.87. The highest BCUT2D eigenvalue weighted by Gasteiger charge is 2.21. The second-order valence-corrected chi connectivity index (χ2v) is 5.66. The summed E-state index contributed by atoms with van der Waals surface area (Å²) in [5.41, 5.74) is 2.79. The molecule has 2 heterocycles. The average Bonchev–Trinajstić information content (AvgIpc) is 3.23. The quantitative estimate of drug-likeness (QED) is 0.882. The molecule has 0 fully saturated rings. The Labute approximate surface area is 139 Å². The van der Waals surface area contributed by atoms with Crippen LogP contribution in [0.1, 0.15) is 30.5 Å². The molecule has 7 nitrogen and oxygen atoms in total. The van der Waals surface area contributed by atoms with Crippen molar-refractivity contribution in [3.05, 3.63) is 47.7 Å². The Morgan fingerprint density at radius 3 is 2.75 bits per heavy atom. The summed E-state index contributed by atoms with van der Waals surface area (Å²) in [4.78, 5) is 24.1. The number of aromatic amines is 1. The van der Waals surface area contributed by atoms with Crippen LogP contribution in [0.25, 0.3) is 0 Å². The van der Waals surface area contributed by atoms with Crippen LogP contribution >= 0.6 is 0 Å². The molecular weight excluding hydrogens is 306 g/mol. The van der Waals surface area contributed by atoms with Crippen molar-refractivity contribution in [1.82, 2.24) is 15.2 Å². The van der Waals surface area contributed by atoms with Crippen LogP contribution in [0.2, 0.25) is 0 Å². The lowest BCUT2D eigenvalue weighted by Gasteiger charge is -2.10. The number of nitrogens with zero attached hydrogens (tertiary/aromatic N) is 3. The normalized spacial score (nSPS) is 13.7. The monoisotopic (exact) mass is 325 g/mol. The Morgan fingerprint density at radius 1 is 1.25 bits per heavy atom. The minimum atomic E-state index is -0.235. The number of rotatable bonds is 5. The van der Waals surface area contributed by atoms with Crippen molar-refractivity contribution >= 4 is 23.3 Å². The molecule has 0 spiro atoms. The smallest absolute Gasteiger partial charge is 0.243 e. The van der Waals surface area contributed by atoms with Crippen LogP contribution in [0.3, 0.4) is 0 Å². The van der Waals surface area contributed by atoms with Crippen LogP contribution in [-0.2, 0) is 9.59 Å². The number of amides is 2. The Kier molecular flexibility index (Phi) is 4.69. The van der Waals surface area contributed by atoms with Crippen molar-refractivity contribution in [3.63, 3.8) is 0 Å². The van der Waals surface area contributed by atoms with Crippen LogP contribution in [-0.4, -0.2) is 39.3 Å². The van der Waals surface area contributed by atoms with E-state index in [-0.39, 0.29) is 24.7 Å². The van der Waals surface area contributed by atoms with Gasteiger partial charge in [0.1, 0.15) is 0 Å². The third-order valence-corrected chi connectivity index (χ3v) is 3.74. The van der Waals surface area contributed by atoms with Crippen molar-refractivity contribution < 1.29 is 9.59 Å². The van der Waals surface area contributed by atoms with E-state index >= 15 is 0 Å². The molecule has 2 N–H and O–H groups in total. The maximum absolute atomic E-state index is 12.2. The molecule has 2 amide bonds. The van der Waals surface area contributed by atoms with Crippen molar-refractivity contribution in [3.8, 4) is 0 Å². The second-order valence-electron chi connectivity index (χ2n) is 5.66. The van der Waals surface area contributed by atoms with Crippen LogP contribution in [0.4, 0.5) is 5.82 Å². The van der Waals surface area contributed by atoms with E-state index in [1.807, 2.05) is 37.3 Å². The molecule has 0 radical (unpaired) electrons. The van der Waals surface area contributed by atoms with Gasteiger partial charge in [0, 0.05) is 31.0 Å². The lowest BCUT2D eigenvalue weighted by Crippen LogP contribution is -2.25. The maximum Gasteiger partial charge on any atom is 0.243 e. The first-order valence-corrected chi connectivity index (χ1v) is 7.87. The molecule has 0 unspecified atom stereocenters. The predicted molar refractivity (Wildman–Crippen MR) is 90.5 cm³/mol. The van der Waals surface area contributed by atoms with Gasteiger partial charge in [0.15, 0.2) is 5.82 Å². The zero-order valence-electron chi connectivity index (χ0n) is 13.5. The number of hydrogen-bond acceptors (Lipinski definition) is 4. The number of hydrazone groups is 1. The van der Waals surface area contributed by atoms with E-state index in [1.165, 1.54) is 5.01 Å². The molecular formula is C17H19N5O2. The number of anilines is 1. The van der Waals surface area contributed by atoms with Crippen LogP contribution in [0.5, 0.6) is 0 Å². The van der Waals surface area contributed by atoms with Gasteiger partial charge in [0.2, 0.25) is 11.8 Å². The topological polar surface area (TPSA) is 90.4 Å². The standard InChI is InChI=1S/C17H19N5O2/c1-12-11-15(20-19-12)18-16(23)7-8-17(24)22-10-9-14(21-22)13-5-3-2-4-6-13/h2-6,11H,7-10H2,1H3,(H2,18,19,20,23). The highest BCUT2D eigenvalue weighted by atomic mass is 16.2. The lowest BCUT2D eigenvalue weighted by atomic mass is 10.1. The highest BCUT2D eigenvalue weighted by molar-refractivity contribution is 6.02. The summed E-state index contributed by atoms with van der Waals surface area (Å²) >= 11 is 0. The van der Waals surface area contributed by atoms with Gasteiger partial charge in [0.05, 0.1) is 12.3 Å². The summed E-state index contributed by atoms with van der Waals surface area (Å²) in [6, 6.07) is 11.5. The number of carbonyl (C=O) groups is 2. The van der Waals surface area contributed by atoms with Gasteiger partial charge in [-0.05, 0) is 12.5 Å². The summed E-state index contributed by atoms with van der Waals surface area (Å²) in [5, 5.41) is 15.2. The summed E-state index contributed by atoms with van der Waals surface area (Å²) < 4.78 is 0. The minimum Gasteiger partial charge on any atom is -0.309 e. The Bertz CT molecular complexity index is 766. The first kappa shape index (κ1) is 15.9. The molecule has 0 saturated heterocycles. The predicted octanol–water partition coefficient (Wildman–Crippen LogP) is 2.07. The van der Waals surface area contributed by atoms with E-state index in [4.69, 9.17) is 0 Å². The van der Waals surface area contributed by atoms with E-state index in [2.05, 4.69) is 20.6 Å². The van der Waals surface area contributed by atoms with E-state index in [1.54, 1.807) is 6.07 Å². The van der Waals surface area contributed by atoms with Gasteiger partial charge in [-0.3, -0.25) is 14.7 Å². The molecule has 3 rings (SSSR count). The van der Waals surface area contributed by atoms with Crippen molar-refractivity contribution in [2.24, 2.45) is 5.10 Å². The fourth-order valence-electron chi connectivity index (χ4n) is 2.51. The number of hydrogen-bond donors (Lipinski definition) is 2. The second kappa shape index (κ2) is 7.08. The minimum absolute atomic E-state index is 0.109. The van der Waals surface area contributed by atoms with Crippen molar-refractivity contribution in [2.75, 3.05) is 11.9 Å². The van der Waals surface area contributed by atoms with Gasteiger partial charge in [-0.15, -0.1) is 0 Å². The summed E-state index contributed by atoms with van der Waals surface area (Å²) in [6.45, 7) is 2.41. The number of carbonyl (C=O) groups excluding carboxylic acids is 2. The molecule has 1 aliphatic heterocycles. The van der Waals surface area contributed by atoms with E-state index < -0.39 is 0 Å². The van der Waals surface area contributed by atoms with E-state index in [9.17, 15) is 9.59 Å². The average molecular weight is 325 g/mol. The summed E-state index contributed by atoms with van der Waals surface area (Å²) in [5.74, 6) is 0.0890. The van der Waals surface area contributed by atoms with Crippen molar-refractivity contribution in [1.29, 1.82) is 0 Å². The molecule has 124 valence electrons. The van der Waals surface area contributed by atoms with Gasteiger partial charge in [-0.25, -0.2) is 5.01 Å². The third kappa shape index (κ3) is 3.87. The summed E-state index contributed by atoms with van der Waals surface area (Å²) in [6.07, 6.45) is 0.965. The molecule has 0 bridgehead atoms. The number of aryl methyl sites for hydroxylation is 1. The molecule has 0 aliphatic carbocycles. The molecule has 0 saturated carbocycles. The third-order valence-electron chi connectivity index (χ3n) is 3.74. The Hall–Kier alpha value is -2.96. The molecule has 1 aromatic heterocycles. The van der Waals surface area contributed by atoms with Gasteiger partial charge in [-0.1, -0.05) is 30.3 Å². The van der Waals surface area contributed by atoms with Gasteiger partial charge < -0.3 is 5.32 Å². The summed E-state index contributed by atoms with van der Waals surface area (Å²) in [7, 11) is 0. The SMILES string of the molecule is Cc1cc(NC(=O)CCC(=O)N2CCC(c3ccccc3)=N2)n[nH]1. The Morgan fingerprint density at radius 2 is 2.04 bits per heavy atom. The number of aromatic nitrogens is 2. The Balaban J connectivity index is 1.50. The molecule has 1 aliphatic rings.